The molecule has 0 saturated carbocycles. The molecule has 1 fully saturated rings. The van der Waals surface area contributed by atoms with Crippen molar-refractivity contribution in [1.82, 2.24) is 5.32 Å². The first kappa shape index (κ1) is 63.1. The maximum atomic E-state index is 12.8. The van der Waals surface area contributed by atoms with Crippen LogP contribution in [0.15, 0.2) is 97.2 Å². The fourth-order valence-corrected chi connectivity index (χ4v) is 8.06. The number of hydrogen-bond acceptors (Lipinski definition) is 8. The molecular formula is C59H101NO8. The van der Waals surface area contributed by atoms with Gasteiger partial charge in [-0.3, -0.25) is 4.79 Å². The van der Waals surface area contributed by atoms with Crippen LogP contribution in [0, 0.1) is 0 Å². The first-order valence-electron chi connectivity index (χ1n) is 27.5. The molecule has 9 heteroatoms. The Bertz CT molecular complexity index is 1380. The van der Waals surface area contributed by atoms with Crippen molar-refractivity contribution < 1.29 is 39.8 Å². The number of carbonyl (C=O) groups excluding carboxylic acids is 1. The molecule has 0 bridgehead atoms. The lowest BCUT2D eigenvalue weighted by molar-refractivity contribution is -0.302. The molecule has 1 rings (SSSR count). The van der Waals surface area contributed by atoms with Crippen molar-refractivity contribution in [3.05, 3.63) is 97.2 Å². The molecule has 0 aliphatic carbocycles. The van der Waals surface area contributed by atoms with E-state index in [-0.39, 0.29) is 12.5 Å². The van der Waals surface area contributed by atoms with Crippen molar-refractivity contribution in [2.75, 3.05) is 13.2 Å². The van der Waals surface area contributed by atoms with Crippen LogP contribution < -0.4 is 5.32 Å². The molecule has 1 heterocycles. The quantitative estimate of drug-likeness (QED) is 0.0261. The van der Waals surface area contributed by atoms with Crippen LogP contribution in [0.1, 0.15) is 213 Å². The smallest absolute Gasteiger partial charge is 0.220 e. The lowest BCUT2D eigenvalue weighted by atomic mass is 9.99. The Morgan fingerprint density at radius 1 is 0.515 bits per heavy atom. The van der Waals surface area contributed by atoms with Gasteiger partial charge in [-0.25, -0.2) is 0 Å². The lowest BCUT2D eigenvalue weighted by Crippen LogP contribution is -2.60. The topological polar surface area (TPSA) is 149 Å². The van der Waals surface area contributed by atoms with E-state index in [0.717, 1.165) is 83.5 Å². The van der Waals surface area contributed by atoms with Gasteiger partial charge in [-0.05, 0) is 70.6 Å². The molecule has 1 saturated heterocycles. The normalized spacial score (nSPS) is 20.4. The van der Waals surface area contributed by atoms with Gasteiger partial charge in [-0.2, -0.15) is 0 Å². The number of allylic oxidation sites excluding steroid dienone is 15. The Hall–Kier alpha value is -2.89. The van der Waals surface area contributed by atoms with E-state index in [1.54, 1.807) is 6.08 Å². The van der Waals surface area contributed by atoms with E-state index in [0.29, 0.717) is 6.42 Å². The van der Waals surface area contributed by atoms with E-state index < -0.39 is 49.5 Å². The summed E-state index contributed by atoms with van der Waals surface area (Å²) in [5.74, 6) is -0.188. The average molecular weight is 952 g/mol. The largest absolute Gasteiger partial charge is 0.394 e. The van der Waals surface area contributed by atoms with Gasteiger partial charge in [0.05, 0.1) is 25.4 Å². The van der Waals surface area contributed by atoms with Crippen LogP contribution in [0.4, 0.5) is 0 Å². The zero-order valence-electron chi connectivity index (χ0n) is 43.1. The number of rotatable bonds is 45. The fourth-order valence-electron chi connectivity index (χ4n) is 8.06. The van der Waals surface area contributed by atoms with Crippen molar-refractivity contribution in [2.45, 2.75) is 256 Å². The Morgan fingerprint density at radius 3 is 1.34 bits per heavy atom. The molecule has 1 aliphatic rings. The summed E-state index contributed by atoms with van der Waals surface area (Å²) in [5, 5.41) is 53.7. The van der Waals surface area contributed by atoms with Crippen LogP contribution in [0.25, 0.3) is 0 Å². The van der Waals surface area contributed by atoms with E-state index in [9.17, 15) is 30.3 Å². The molecule has 0 radical (unpaired) electrons. The molecule has 1 aliphatic heterocycles. The minimum absolute atomic E-state index is 0.188. The summed E-state index contributed by atoms with van der Waals surface area (Å²) in [7, 11) is 0. The Balaban J connectivity index is 1.95. The molecule has 1 amide bonds. The van der Waals surface area contributed by atoms with Gasteiger partial charge in [0.2, 0.25) is 5.91 Å². The van der Waals surface area contributed by atoms with Gasteiger partial charge in [-0.15, -0.1) is 0 Å². The highest BCUT2D eigenvalue weighted by atomic mass is 16.7. The average Bonchev–Trinajstić information content (AvgIpc) is 3.34. The minimum atomic E-state index is -1.57. The second-order valence-corrected chi connectivity index (χ2v) is 18.6. The summed E-state index contributed by atoms with van der Waals surface area (Å²) in [6, 6.07) is -0.803. The van der Waals surface area contributed by atoms with E-state index in [4.69, 9.17) is 9.47 Å². The van der Waals surface area contributed by atoms with Gasteiger partial charge in [0.25, 0.3) is 0 Å². The number of unbranched alkanes of at least 4 members (excludes halogenated alkanes) is 21. The molecule has 7 atom stereocenters. The number of aliphatic hydroxyl groups excluding tert-OH is 5. The van der Waals surface area contributed by atoms with Gasteiger partial charge in [-0.1, -0.05) is 233 Å². The molecule has 0 aromatic heterocycles. The Kier molecular flexibility index (Phi) is 44.3. The summed E-state index contributed by atoms with van der Waals surface area (Å²) in [6.45, 7) is 3.49. The van der Waals surface area contributed by atoms with Crippen LogP contribution in [-0.2, 0) is 14.3 Å². The molecular weight excluding hydrogens is 851 g/mol. The molecule has 6 N–H and O–H groups in total. The van der Waals surface area contributed by atoms with Crippen molar-refractivity contribution in [2.24, 2.45) is 0 Å². The van der Waals surface area contributed by atoms with Gasteiger partial charge < -0.3 is 40.3 Å². The highest BCUT2D eigenvalue weighted by Crippen LogP contribution is 2.23. The van der Waals surface area contributed by atoms with Crippen molar-refractivity contribution in [3.63, 3.8) is 0 Å². The highest BCUT2D eigenvalue weighted by Gasteiger charge is 2.44. The number of hydrogen-bond donors (Lipinski definition) is 6. The van der Waals surface area contributed by atoms with E-state index >= 15 is 0 Å². The zero-order chi connectivity index (χ0) is 49.4. The van der Waals surface area contributed by atoms with Crippen molar-refractivity contribution in [1.29, 1.82) is 0 Å². The molecule has 68 heavy (non-hydrogen) atoms. The number of ether oxygens (including phenoxy) is 2. The van der Waals surface area contributed by atoms with Crippen LogP contribution in [0.3, 0.4) is 0 Å². The van der Waals surface area contributed by atoms with Gasteiger partial charge in [0.15, 0.2) is 6.29 Å². The second-order valence-electron chi connectivity index (χ2n) is 18.6. The molecule has 7 unspecified atom stereocenters. The van der Waals surface area contributed by atoms with Gasteiger partial charge >= 0.3 is 0 Å². The second kappa shape index (κ2) is 47.8. The van der Waals surface area contributed by atoms with E-state index in [1.807, 2.05) is 6.08 Å². The predicted octanol–water partition coefficient (Wildman–Crippen LogP) is 13.2. The summed E-state index contributed by atoms with van der Waals surface area (Å²) >= 11 is 0. The monoisotopic (exact) mass is 952 g/mol. The molecule has 0 aromatic carbocycles. The first-order valence-corrected chi connectivity index (χ1v) is 27.5. The van der Waals surface area contributed by atoms with Gasteiger partial charge in [0.1, 0.15) is 24.4 Å². The van der Waals surface area contributed by atoms with Gasteiger partial charge in [0, 0.05) is 6.42 Å². The highest BCUT2D eigenvalue weighted by molar-refractivity contribution is 5.76. The van der Waals surface area contributed by atoms with Crippen molar-refractivity contribution >= 4 is 5.91 Å². The molecule has 390 valence electrons. The SMILES string of the molecule is CC/C=C\C/C=C\C/C=C\C/C=C\C/C=C\C/C=C\C/C=C\CCCCCCCCCCCCCCCCCCCCCC(=O)NC(COC1OC(CO)C(O)C(O)C1O)C(O)/C=C/CCCC. The minimum Gasteiger partial charge on any atom is -0.394 e. The zero-order valence-corrected chi connectivity index (χ0v) is 43.1. The molecule has 9 nitrogen and oxygen atoms in total. The first-order chi connectivity index (χ1) is 33.3. The van der Waals surface area contributed by atoms with E-state index in [2.05, 4.69) is 104 Å². The maximum Gasteiger partial charge on any atom is 0.220 e. The van der Waals surface area contributed by atoms with Crippen LogP contribution in [0.2, 0.25) is 0 Å². The molecule has 0 aromatic rings. The third kappa shape index (κ3) is 37.0. The van der Waals surface area contributed by atoms with Crippen molar-refractivity contribution in [3.8, 4) is 0 Å². The number of carbonyl (C=O) groups is 1. The Labute approximate surface area is 415 Å². The predicted molar refractivity (Wildman–Crippen MR) is 285 cm³/mol. The number of nitrogens with one attached hydrogen (secondary N) is 1. The maximum absolute atomic E-state index is 12.8. The summed E-state index contributed by atoms with van der Waals surface area (Å²) in [5.41, 5.74) is 0. The van der Waals surface area contributed by atoms with Crippen LogP contribution >= 0.6 is 0 Å². The number of aliphatic hydroxyl groups is 5. The van der Waals surface area contributed by atoms with Crippen LogP contribution in [0.5, 0.6) is 0 Å². The Morgan fingerprint density at radius 2 is 0.912 bits per heavy atom. The standard InChI is InChI=1S/C59H101NO8/c1-3-5-7-9-10-11-12-13-14-15-16-17-18-19-20-21-22-23-24-25-26-27-28-29-30-31-32-33-34-35-36-37-38-39-40-41-42-43-44-45-47-49-55(63)60-52(53(62)48-46-8-6-4-2)51-67-59-58(66)57(65)56(64)54(50-61)68-59/h5,7,10-11,13-14,16-17,19-20,22-23,25-26,46,48,52-54,56-59,61-62,64-66H,3-4,6,8-9,12,15,18,21,24,27-45,47,49-51H2,1-2H3,(H,60,63)/b7-5-,11-10-,14-13-,17-16-,20-19-,23-22-,26-25-,48-46+. The fraction of sp³-hybridized carbons (Fsp3) is 0.712. The summed E-state index contributed by atoms with van der Waals surface area (Å²) in [4.78, 5) is 12.8. The third-order valence-electron chi connectivity index (χ3n) is 12.4. The number of amides is 1. The molecule has 0 spiro atoms. The summed E-state index contributed by atoms with van der Waals surface area (Å²) in [6.07, 6.45) is 62.9. The lowest BCUT2D eigenvalue weighted by Gasteiger charge is -2.40. The summed E-state index contributed by atoms with van der Waals surface area (Å²) < 4.78 is 11.1. The van der Waals surface area contributed by atoms with Crippen LogP contribution in [-0.4, -0.2) is 87.5 Å². The third-order valence-corrected chi connectivity index (χ3v) is 12.4. The van der Waals surface area contributed by atoms with E-state index in [1.165, 1.54) is 109 Å².